The fourth-order valence-electron chi connectivity index (χ4n) is 0.555. The van der Waals surface area contributed by atoms with Gasteiger partial charge in [0.15, 0.2) is 0 Å². The van der Waals surface area contributed by atoms with Crippen molar-refractivity contribution in [2.24, 2.45) is 0 Å². The van der Waals surface area contributed by atoms with Crippen LogP contribution in [-0.2, 0) is 0 Å². The Balaban J connectivity index is 3.05. The topological polar surface area (TPSA) is 41.1 Å². The van der Waals surface area contributed by atoms with Gasteiger partial charge in [-0.05, 0) is 13.3 Å². The Hall–Kier alpha value is -0.730. The van der Waals surface area contributed by atoms with Crippen molar-refractivity contribution in [3.8, 4) is 0 Å². The molecular formula is C7H15N2O. The normalized spacial score (nSPS) is 9.00. The zero-order valence-electron chi connectivity index (χ0n) is 6.44. The second-order valence-corrected chi connectivity index (χ2v) is 2.04. The van der Waals surface area contributed by atoms with E-state index in [1.807, 2.05) is 0 Å². The first-order valence-corrected chi connectivity index (χ1v) is 3.62. The highest BCUT2D eigenvalue weighted by Gasteiger charge is 1.93. The zero-order chi connectivity index (χ0) is 7.82. The summed E-state index contributed by atoms with van der Waals surface area (Å²) in [6, 6.07) is -0.122. The molecule has 0 fully saturated rings. The van der Waals surface area contributed by atoms with E-state index in [2.05, 4.69) is 24.5 Å². The lowest BCUT2D eigenvalue weighted by molar-refractivity contribution is 0.241. The molecule has 59 valence electrons. The quantitative estimate of drug-likeness (QED) is 0.564. The first-order chi connectivity index (χ1) is 4.81. The molecule has 0 aliphatic carbocycles. The lowest BCUT2D eigenvalue weighted by Gasteiger charge is -2.03. The predicted octanol–water partition coefficient (Wildman–Crippen LogP) is 0.920. The Morgan fingerprint density at radius 2 is 2.20 bits per heavy atom. The van der Waals surface area contributed by atoms with Crippen molar-refractivity contribution < 1.29 is 4.79 Å². The van der Waals surface area contributed by atoms with Gasteiger partial charge in [-0.3, -0.25) is 0 Å². The monoisotopic (exact) mass is 143 g/mol. The van der Waals surface area contributed by atoms with Gasteiger partial charge in [0, 0.05) is 13.1 Å². The molecule has 0 rings (SSSR count). The summed E-state index contributed by atoms with van der Waals surface area (Å²) in [7, 11) is 0. The molecule has 3 nitrogen and oxygen atoms in total. The van der Waals surface area contributed by atoms with Crippen LogP contribution in [-0.4, -0.2) is 19.1 Å². The van der Waals surface area contributed by atoms with Gasteiger partial charge in [-0.15, -0.1) is 0 Å². The van der Waals surface area contributed by atoms with Crippen LogP contribution in [0.3, 0.4) is 0 Å². The van der Waals surface area contributed by atoms with Gasteiger partial charge >= 0.3 is 6.03 Å². The maximum atomic E-state index is 10.7. The van der Waals surface area contributed by atoms with Gasteiger partial charge in [-0.1, -0.05) is 13.3 Å². The Morgan fingerprint density at radius 1 is 1.50 bits per heavy atom. The van der Waals surface area contributed by atoms with Crippen LogP contribution in [0.25, 0.3) is 0 Å². The van der Waals surface area contributed by atoms with Crippen molar-refractivity contribution >= 4 is 6.03 Å². The summed E-state index contributed by atoms with van der Waals surface area (Å²) >= 11 is 0. The van der Waals surface area contributed by atoms with Crippen molar-refractivity contribution in [2.75, 3.05) is 13.1 Å². The van der Waals surface area contributed by atoms with Crippen molar-refractivity contribution in [1.29, 1.82) is 0 Å². The number of hydrogen-bond acceptors (Lipinski definition) is 1. The lowest BCUT2D eigenvalue weighted by Crippen LogP contribution is -2.35. The summed E-state index contributed by atoms with van der Waals surface area (Å²) in [5.74, 6) is 0. The van der Waals surface area contributed by atoms with Gasteiger partial charge in [-0.25, -0.2) is 4.79 Å². The molecule has 2 amide bonds. The fraction of sp³-hybridized carbons (Fsp3) is 0.714. The second-order valence-electron chi connectivity index (χ2n) is 2.04. The van der Waals surface area contributed by atoms with Gasteiger partial charge in [0.2, 0.25) is 0 Å². The van der Waals surface area contributed by atoms with E-state index in [1.165, 1.54) is 0 Å². The third-order valence-electron chi connectivity index (χ3n) is 1.10. The van der Waals surface area contributed by atoms with Gasteiger partial charge < -0.3 is 10.6 Å². The largest absolute Gasteiger partial charge is 0.338 e. The summed E-state index contributed by atoms with van der Waals surface area (Å²) in [6.07, 6.45) is 2.13. The van der Waals surface area contributed by atoms with Crippen LogP contribution in [0.1, 0.15) is 19.8 Å². The highest BCUT2D eigenvalue weighted by molar-refractivity contribution is 5.73. The number of nitrogens with one attached hydrogen (secondary N) is 2. The summed E-state index contributed by atoms with van der Waals surface area (Å²) in [5.41, 5.74) is 0. The molecule has 2 N–H and O–H groups in total. The van der Waals surface area contributed by atoms with Crippen molar-refractivity contribution in [3.63, 3.8) is 0 Å². The molecule has 3 heteroatoms. The molecule has 0 bridgehead atoms. The number of urea groups is 1. The molecule has 0 unspecified atom stereocenters. The number of unbranched alkanes of at least 4 members (excludes halogenated alkanes) is 1. The maximum absolute atomic E-state index is 10.7. The third kappa shape index (κ3) is 5.41. The summed E-state index contributed by atoms with van der Waals surface area (Å²) < 4.78 is 0. The van der Waals surface area contributed by atoms with Gasteiger partial charge in [0.1, 0.15) is 0 Å². The van der Waals surface area contributed by atoms with Gasteiger partial charge in [-0.2, -0.15) is 0 Å². The number of rotatable bonds is 4. The number of carbonyl (C=O) groups excluding carboxylic acids is 1. The van der Waals surface area contributed by atoms with E-state index < -0.39 is 0 Å². The second kappa shape index (κ2) is 6.39. The standard InChI is InChI=1S/C7H15N2O/c1-3-5-6-9-7(10)8-4-2/h2-6H2,1H3,(H2,8,9,10). The van der Waals surface area contributed by atoms with Crippen molar-refractivity contribution in [1.82, 2.24) is 10.6 Å². The van der Waals surface area contributed by atoms with E-state index in [0.29, 0.717) is 6.54 Å². The SMILES string of the molecule is [CH2]CNC(=O)NCCCC. The average Bonchev–Trinajstić information content (AvgIpc) is 1.89. The first-order valence-electron chi connectivity index (χ1n) is 3.62. The molecule has 0 atom stereocenters. The molecule has 0 aromatic rings. The minimum atomic E-state index is -0.122. The Morgan fingerprint density at radius 3 is 2.70 bits per heavy atom. The molecule has 0 spiro atoms. The molecule has 0 saturated heterocycles. The number of carbonyl (C=O) groups is 1. The molecular weight excluding hydrogens is 128 g/mol. The molecule has 0 aliphatic heterocycles. The van der Waals surface area contributed by atoms with Crippen LogP contribution in [0.15, 0.2) is 0 Å². The van der Waals surface area contributed by atoms with Crippen LogP contribution in [0.2, 0.25) is 0 Å². The predicted molar refractivity (Wildman–Crippen MR) is 41.7 cm³/mol. The van der Waals surface area contributed by atoms with Gasteiger partial charge in [0.05, 0.1) is 0 Å². The van der Waals surface area contributed by atoms with Crippen molar-refractivity contribution in [2.45, 2.75) is 19.8 Å². The number of hydrogen-bond donors (Lipinski definition) is 2. The van der Waals surface area contributed by atoms with Crippen LogP contribution in [0, 0.1) is 6.92 Å². The summed E-state index contributed by atoms with van der Waals surface area (Å²) in [6.45, 7) is 6.76. The summed E-state index contributed by atoms with van der Waals surface area (Å²) in [4.78, 5) is 10.7. The molecule has 10 heavy (non-hydrogen) atoms. The minimum absolute atomic E-state index is 0.122. The van der Waals surface area contributed by atoms with Crippen LogP contribution in [0.5, 0.6) is 0 Å². The third-order valence-corrected chi connectivity index (χ3v) is 1.10. The first kappa shape index (κ1) is 9.27. The van der Waals surface area contributed by atoms with E-state index in [-0.39, 0.29) is 6.03 Å². The molecule has 0 heterocycles. The maximum Gasteiger partial charge on any atom is 0.314 e. The highest BCUT2D eigenvalue weighted by atomic mass is 16.2. The molecule has 0 aromatic carbocycles. The average molecular weight is 143 g/mol. The van der Waals surface area contributed by atoms with E-state index in [1.54, 1.807) is 0 Å². The van der Waals surface area contributed by atoms with Crippen LogP contribution >= 0.6 is 0 Å². The Kier molecular flexibility index (Phi) is 5.92. The molecule has 0 saturated carbocycles. The summed E-state index contributed by atoms with van der Waals surface area (Å²) in [5, 5.41) is 5.24. The number of amides is 2. The lowest BCUT2D eigenvalue weighted by atomic mass is 10.3. The van der Waals surface area contributed by atoms with E-state index in [9.17, 15) is 4.79 Å². The molecule has 0 aromatic heterocycles. The highest BCUT2D eigenvalue weighted by Crippen LogP contribution is 1.81. The molecule has 1 radical (unpaired) electrons. The Bertz CT molecular complexity index is 93.6. The van der Waals surface area contributed by atoms with Gasteiger partial charge in [0.25, 0.3) is 0 Å². The van der Waals surface area contributed by atoms with Crippen LogP contribution < -0.4 is 10.6 Å². The van der Waals surface area contributed by atoms with E-state index >= 15 is 0 Å². The van der Waals surface area contributed by atoms with Crippen LogP contribution in [0.4, 0.5) is 4.79 Å². The van der Waals surface area contributed by atoms with E-state index in [4.69, 9.17) is 0 Å². The molecule has 0 aliphatic rings. The van der Waals surface area contributed by atoms with E-state index in [0.717, 1.165) is 19.4 Å². The Labute approximate surface area is 62.2 Å². The van der Waals surface area contributed by atoms with Crippen molar-refractivity contribution in [3.05, 3.63) is 6.92 Å². The minimum Gasteiger partial charge on any atom is -0.338 e. The zero-order valence-corrected chi connectivity index (χ0v) is 6.44. The smallest absolute Gasteiger partial charge is 0.314 e. The fourth-order valence-corrected chi connectivity index (χ4v) is 0.555.